The van der Waals surface area contributed by atoms with E-state index in [4.69, 9.17) is 0 Å². The predicted molar refractivity (Wildman–Crippen MR) is 106 cm³/mol. The number of hydrogen-bond donors (Lipinski definition) is 0. The molecule has 1 aliphatic heterocycles. The van der Waals surface area contributed by atoms with Gasteiger partial charge in [0.2, 0.25) is 0 Å². The van der Waals surface area contributed by atoms with E-state index in [0.29, 0.717) is 17.9 Å². The number of halogens is 3. The summed E-state index contributed by atoms with van der Waals surface area (Å²) in [5.74, 6) is -0.237. The lowest BCUT2D eigenvalue weighted by atomic mass is 10.0. The number of benzene rings is 1. The van der Waals surface area contributed by atoms with Crippen LogP contribution < -0.4 is 4.90 Å². The summed E-state index contributed by atoms with van der Waals surface area (Å²) < 4.78 is 42.5. The molecule has 0 aliphatic carbocycles. The molecule has 0 saturated heterocycles. The van der Waals surface area contributed by atoms with Crippen molar-refractivity contribution in [2.45, 2.75) is 19.1 Å². The molecule has 1 amide bonds. The summed E-state index contributed by atoms with van der Waals surface area (Å²) in [6.07, 6.45) is 2.92. The van der Waals surface area contributed by atoms with Crippen LogP contribution in [0.25, 0.3) is 16.8 Å². The second-order valence-electron chi connectivity index (χ2n) is 7.41. The minimum absolute atomic E-state index is 0.0225. The van der Waals surface area contributed by atoms with Crippen LogP contribution >= 0.6 is 0 Å². The van der Waals surface area contributed by atoms with Crippen molar-refractivity contribution in [2.24, 2.45) is 0 Å². The molecule has 0 fully saturated rings. The Hall–Kier alpha value is -3.55. The summed E-state index contributed by atoms with van der Waals surface area (Å²) in [4.78, 5) is 19.2. The van der Waals surface area contributed by atoms with Gasteiger partial charge in [-0.1, -0.05) is 0 Å². The van der Waals surface area contributed by atoms with Gasteiger partial charge in [-0.2, -0.15) is 13.2 Å². The summed E-state index contributed by atoms with van der Waals surface area (Å²) in [7, 11) is 0. The van der Waals surface area contributed by atoms with Crippen LogP contribution in [-0.2, 0) is 6.18 Å². The molecule has 0 bridgehead atoms. The number of pyridine rings is 1. The summed E-state index contributed by atoms with van der Waals surface area (Å²) in [5.41, 5.74) is 2.68. The van der Waals surface area contributed by atoms with E-state index in [1.807, 2.05) is 52.7 Å². The molecule has 0 spiro atoms. The standard InChI is InChI=1S/C22H17F3N4O/c1-14-12-29(17-5-3-16(4-6-17)22(23,24)25)21(30)20-18(8-10-28(14)20)15-2-7-19-26-9-11-27(19)13-15/h2-11,13-14H,12H2,1H3/t14-/m0/s1. The highest BCUT2D eigenvalue weighted by molar-refractivity contribution is 6.10. The van der Waals surface area contributed by atoms with E-state index in [0.717, 1.165) is 28.9 Å². The molecular weight excluding hydrogens is 393 g/mol. The first-order valence-corrected chi connectivity index (χ1v) is 9.46. The van der Waals surface area contributed by atoms with Crippen molar-refractivity contribution in [1.29, 1.82) is 0 Å². The Kier molecular flexibility index (Phi) is 3.99. The zero-order valence-electron chi connectivity index (χ0n) is 16.0. The van der Waals surface area contributed by atoms with Crippen LogP contribution in [0, 0.1) is 0 Å². The Bertz CT molecular complexity index is 1250. The fourth-order valence-electron chi connectivity index (χ4n) is 3.97. The summed E-state index contributed by atoms with van der Waals surface area (Å²) in [6.45, 7) is 2.36. The zero-order chi connectivity index (χ0) is 21.0. The maximum Gasteiger partial charge on any atom is 0.416 e. The van der Waals surface area contributed by atoms with Gasteiger partial charge in [0.15, 0.2) is 0 Å². The third kappa shape index (κ3) is 2.87. The highest BCUT2D eigenvalue weighted by atomic mass is 19.4. The highest BCUT2D eigenvalue weighted by Crippen LogP contribution is 2.35. The van der Waals surface area contributed by atoms with Gasteiger partial charge in [-0.05, 0) is 49.4 Å². The number of fused-ring (bicyclic) bond motifs is 2. The molecule has 30 heavy (non-hydrogen) atoms. The number of hydrogen-bond acceptors (Lipinski definition) is 2. The normalized spacial score (nSPS) is 16.9. The number of anilines is 1. The maximum atomic E-state index is 13.4. The Morgan fingerprint density at radius 3 is 2.53 bits per heavy atom. The number of carbonyl (C=O) groups excluding carboxylic acids is 1. The second-order valence-corrected chi connectivity index (χ2v) is 7.41. The third-order valence-electron chi connectivity index (χ3n) is 5.49. The van der Waals surface area contributed by atoms with Gasteiger partial charge >= 0.3 is 6.18 Å². The monoisotopic (exact) mass is 410 g/mol. The van der Waals surface area contributed by atoms with Gasteiger partial charge in [0.05, 0.1) is 5.56 Å². The lowest BCUT2D eigenvalue weighted by Gasteiger charge is -2.33. The first-order chi connectivity index (χ1) is 14.3. The fourth-order valence-corrected chi connectivity index (χ4v) is 3.97. The first kappa shape index (κ1) is 18.5. The van der Waals surface area contributed by atoms with E-state index < -0.39 is 11.7 Å². The van der Waals surface area contributed by atoms with Crippen LogP contribution in [0.3, 0.4) is 0 Å². The van der Waals surface area contributed by atoms with E-state index in [1.165, 1.54) is 12.1 Å². The quantitative estimate of drug-likeness (QED) is 0.465. The van der Waals surface area contributed by atoms with Crippen LogP contribution in [0.1, 0.15) is 29.0 Å². The molecule has 1 aromatic carbocycles. The van der Waals surface area contributed by atoms with Crippen molar-refractivity contribution in [3.63, 3.8) is 0 Å². The number of imidazole rings is 1. The average Bonchev–Trinajstić information content (AvgIpc) is 3.37. The lowest BCUT2D eigenvalue weighted by molar-refractivity contribution is -0.137. The van der Waals surface area contributed by atoms with Crippen LogP contribution in [0.2, 0.25) is 0 Å². The van der Waals surface area contributed by atoms with E-state index in [9.17, 15) is 18.0 Å². The fraction of sp³-hybridized carbons (Fsp3) is 0.182. The number of aromatic nitrogens is 3. The smallest absolute Gasteiger partial charge is 0.338 e. The molecule has 0 radical (unpaired) electrons. The molecular formula is C22H17F3N4O. The molecule has 4 heterocycles. The van der Waals surface area contributed by atoms with Crippen LogP contribution in [-0.4, -0.2) is 26.4 Å². The Balaban J connectivity index is 1.56. The topological polar surface area (TPSA) is 42.5 Å². The molecule has 1 aliphatic rings. The number of amides is 1. The molecule has 0 saturated carbocycles. The minimum Gasteiger partial charge on any atom is -0.338 e. The van der Waals surface area contributed by atoms with Gasteiger partial charge in [-0.3, -0.25) is 4.79 Å². The zero-order valence-corrected chi connectivity index (χ0v) is 16.0. The molecule has 1 atom stereocenters. The van der Waals surface area contributed by atoms with E-state index in [1.54, 1.807) is 11.1 Å². The number of rotatable bonds is 2. The maximum absolute atomic E-state index is 13.4. The van der Waals surface area contributed by atoms with E-state index in [-0.39, 0.29) is 11.9 Å². The summed E-state index contributed by atoms with van der Waals surface area (Å²) in [5, 5.41) is 0. The van der Waals surface area contributed by atoms with Crippen molar-refractivity contribution in [3.05, 3.63) is 78.5 Å². The number of alkyl halides is 3. The van der Waals surface area contributed by atoms with Crippen molar-refractivity contribution in [3.8, 4) is 11.1 Å². The largest absolute Gasteiger partial charge is 0.416 e. The van der Waals surface area contributed by atoms with E-state index in [2.05, 4.69) is 4.98 Å². The second kappa shape index (κ2) is 6.48. The van der Waals surface area contributed by atoms with Gasteiger partial charge in [-0.15, -0.1) is 0 Å². The molecule has 0 unspecified atom stereocenters. The van der Waals surface area contributed by atoms with Crippen LogP contribution in [0.5, 0.6) is 0 Å². The van der Waals surface area contributed by atoms with Gasteiger partial charge in [0.25, 0.3) is 5.91 Å². The molecule has 5 nitrogen and oxygen atoms in total. The van der Waals surface area contributed by atoms with Crippen molar-refractivity contribution in [1.82, 2.24) is 14.0 Å². The van der Waals surface area contributed by atoms with Gasteiger partial charge < -0.3 is 13.9 Å². The number of carbonyl (C=O) groups is 1. The molecule has 8 heteroatoms. The lowest BCUT2D eigenvalue weighted by Crippen LogP contribution is -2.42. The van der Waals surface area contributed by atoms with Crippen molar-refractivity contribution >= 4 is 17.2 Å². The van der Waals surface area contributed by atoms with Gasteiger partial charge in [-0.25, -0.2) is 4.98 Å². The molecule has 0 N–H and O–H groups in total. The van der Waals surface area contributed by atoms with Crippen LogP contribution in [0.15, 0.2) is 67.3 Å². The SMILES string of the molecule is C[C@H]1CN(c2ccc(C(F)(F)F)cc2)C(=O)c2c(-c3ccc4nccn4c3)ccn21. The van der Waals surface area contributed by atoms with Crippen LogP contribution in [0.4, 0.5) is 18.9 Å². The van der Waals surface area contributed by atoms with Crippen molar-refractivity contribution < 1.29 is 18.0 Å². The van der Waals surface area contributed by atoms with Crippen molar-refractivity contribution in [2.75, 3.05) is 11.4 Å². The van der Waals surface area contributed by atoms with E-state index >= 15 is 0 Å². The Labute approximate surface area is 170 Å². The minimum atomic E-state index is -4.41. The highest BCUT2D eigenvalue weighted by Gasteiger charge is 2.34. The third-order valence-corrected chi connectivity index (χ3v) is 5.49. The Morgan fingerprint density at radius 2 is 1.80 bits per heavy atom. The Morgan fingerprint density at radius 1 is 1.03 bits per heavy atom. The predicted octanol–water partition coefficient (Wildman–Crippen LogP) is 5.04. The molecule has 5 rings (SSSR count). The summed E-state index contributed by atoms with van der Waals surface area (Å²) in [6, 6.07) is 10.4. The number of nitrogens with zero attached hydrogens (tertiary/aromatic N) is 4. The molecule has 152 valence electrons. The molecule has 4 aromatic rings. The van der Waals surface area contributed by atoms with Gasteiger partial charge in [0.1, 0.15) is 11.3 Å². The summed E-state index contributed by atoms with van der Waals surface area (Å²) >= 11 is 0. The molecule has 3 aromatic heterocycles. The first-order valence-electron chi connectivity index (χ1n) is 9.46. The average molecular weight is 410 g/mol. The van der Waals surface area contributed by atoms with Gasteiger partial charge in [0, 0.05) is 54.2 Å².